The molecule has 2 rings (SSSR count). The molecule has 1 amide bonds. The van der Waals surface area contributed by atoms with Crippen molar-refractivity contribution in [3.63, 3.8) is 0 Å². The van der Waals surface area contributed by atoms with Crippen LogP contribution in [0.15, 0.2) is 54.6 Å². The van der Waals surface area contributed by atoms with E-state index in [9.17, 15) is 13.2 Å². The van der Waals surface area contributed by atoms with Crippen LogP contribution in [0.3, 0.4) is 0 Å². The minimum Gasteiger partial charge on any atom is -0.284 e. The number of nitrogens with one attached hydrogen (secondary N) is 2. The van der Waals surface area contributed by atoms with Gasteiger partial charge >= 0.3 is 0 Å². The normalized spacial score (nSPS) is 11.0. The highest BCUT2D eigenvalue weighted by molar-refractivity contribution is 7.92. The molecule has 0 fully saturated rings. The third-order valence-electron chi connectivity index (χ3n) is 3.12. The zero-order valence-corrected chi connectivity index (χ0v) is 14.2. The molecule has 2 aromatic rings. The lowest BCUT2D eigenvalue weighted by Gasteiger charge is -2.09. The summed E-state index contributed by atoms with van der Waals surface area (Å²) in [5, 5.41) is 0. The lowest BCUT2D eigenvalue weighted by Crippen LogP contribution is -2.24. The van der Waals surface area contributed by atoms with Gasteiger partial charge in [0, 0.05) is 11.3 Å². The molecule has 128 valence electrons. The van der Waals surface area contributed by atoms with E-state index in [2.05, 4.69) is 10.2 Å². The number of hydrogen-bond donors (Lipinski definition) is 2. The smallest absolute Gasteiger partial charge is 0.274 e. The second kappa shape index (κ2) is 8.47. The van der Waals surface area contributed by atoms with E-state index >= 15 is 0 Å². The average Bonchev–Trinajstić information content (AvgIpc) is 2.55. The van der Waals surface area contributed by atoms with Crippen LogP contribution in [-0.4, -0.2) is 20.1 Å². The number of carbonyl (C=O) groups excluding carboxylic acids is 1. The van der Waals surface area contributed by atoms with E-state index in [1.807, 2.05) is 30.3 Å². The van der Waals surface area contributed by atoms with Gasteiger partial charge in [0.05, 0.1) is 12.4 Å². The maximum Gasteiger partial charge on any atom is 0.274 e. The standard InChI is InChI=1S/C17H20N2O4S/c1-2-11-24(21,22)19-16-10-6-9-15(12-16)17(20)18-23-13-14-7-4-3-5-8-14/h3-10,12,19H,2,11,13H2,1H3,(H,18,20). The molecule has 0 atom stereocenters. The zero-order chi connectivity index (χ0) is 17.4. The Bertz CT molecular complexity index is 776. The van der Waals surface area contributed by atoms with E-state index in [0.29, 0.717) is 17.7 Å². The summed E-state index contributed by atoms with van der Waals surface area (Å²) in [7, 11) is -3.39. The van der Waals surface area contributed by atoms with Gasteiger partial charge in [0.1, 0.15) is 0 Å². The van der Waals surface area contributed by atoms with Crippen molar-refractivity contribution in [3.05, 3.63) is 65.7 Å². The van der Waals surface area contributed by atoms with Gasteiger partial charge in [0.2, 0.25) is 10.0 Å². The number of hydroxylamine groups is 1. The average molecular weight is 348 g/mol. The Hall–Kier alpha value is -2.38. The zero-order valence-electron chi connectivity index (χ0n) is 13.4. The van der Waals surface area contributed by atoms with Crippen molar-refractivity contribution >= 4 is 21.6 Å². The molecule has 0 bridgehead atoms. The number of carbonyl (C=O) groups is 1. The minimum absolute atomic E-state index is 0.0314. The summed E-state index contributed by atoms with van der Waals surface area (Å²) in [5.74, 6) is -0.411. The van der Waals surface area contributed by atoms with Gasteiger partial charge in [-0.05, 0) is 30.2 Å². The van der Waals surface area contributed by atoms with Crippen LogP contribution in [0.1, 0.15) is 29.3 Å². The molecule has 7 heteroatoms. The van der Waals surface area contributed by atoms with Gasteiger partial charge < -0.3 is 0 Å². The number of amides is 1. The molecule has 2 N–H and O–H groups in total. The van der Waals surface area contributed by atoms with Crippen molar-refractivity contribution in [3.8, 4) is 0 Å². The molecular formula is C17H20N2O4S. The molecule has 0 aliphatic heterocycles. The fourth-order valence-corrected chi connectivity index (χ4v) is 3.17. The quantitative estimate of drug-likeness (QED) is 0.718. The second-order valence-corrected chi connectivity index (χ2v) is 7.05. The Morgan fingerprint density at radius 2 is 1.83 bits per heavy atom. The van der Waals surface area contributed by atoms with E-state index < -0.39 is 15.9 Å². The molecule has 0 spiro atoms. The molecule has 0 aliphatic rings. The summed E-state index contributed by atoms with van der Waals surface area (Å²) in [4.78, 5) is 17.2. The summed E-state index contributed by atoms with van der Waals surface area (Å²) in [6, 6.07) is 15.7. The molecule has 0 unspecified atom stereocenters. The van der Waals surface area contributed by atoms with E-state index in [1.54, 1.807) is 25.1 Å². The van der Waals surface area contributed by atoms with Gasteiger partial charge in [-0.3, -0.25) is 14.4 Å². The van der Waals surface area contributed by atoms with Crippen molar-refractivity contribution in [1.82, 2.24) is 5.48 Å². The summed E-state index contributed by atoms with van der Waals surface area (Å²) in [6.45, 7) is 2.03. The largest absolute Gasteiger partial charge is 0.284 e. The van der Waals surface area contributed by atoms with Crippen molar-refractivity contribution in [2.75, 3.05) is 10.5 Å². The topological polar surface area (TPSA) is 84.5 Å². The van der Waals surface area contributed by atoms with E-state index in [4.69, 9.17) is 4.84 Å². The molecule has 6 nitrogen and oxygen atoms in total. The fourth-order valence-electron chi connectivity index (χ4n) is 2.04. The Kier molecular flexibility index (Phi) is 6.34. The summed E-state index contributed by atoms with van der Waals surface area (Å²) in [5.41, 5.74) is 3.93. The van der Waals surface area contributed by atoms with Crippen LogP contribution in [0, 0.1) is 0 Å². The van der Waals surface area contributed by atoms with Crippen molar-refractivity contribution in [1.29, 1.82) is 0 Å². The van der Waals surface area contributed by atoms with Gasteiger partial charge in [0.25, 0.3) is 5.91 Å². The van der Waals surface area contributed by atoms with Crippen molar-refractivity contribution < 1.29 is 18.0 Å². The summed E-state index contributed by atoms with van der Waals surface area (Å²) in [6.07, 6.45) is 0.517. The number of rotatable bonds is 8. The van der Waals surface area contributed by atoms with Crippen LogP contribution in [0.25, 0.3) is 0 Å². The van der Waals surface area contributed by atoms with Crippen molar-refractivity contribution in [2.24, 2.45) is 0 Å². The van der Waals surface area contributed by atoms with E-state index in [1.165, 1.54) is 6.07 Å². The van der Waals surface area contributed by atoms with Gasteiger partial charge in [0.15, 0.2) is 0 Å². The van der Waals surface area contributed by atoms with Crippen LogP contribution < -0.4 is 10.2 Å². The maximum atomic E-state index is 12.1. The first-order valence-corrected chi connectivity index (χ1v) is 9.22. The SMILES string of the molecule is CCCS(=O)(=O)Nc1cccc(C(=O)NOCc2ccccc2)c1. The van der Waals surface area contributed by atoms with E-state index in [0.717, 1.165) is 5.56 Å². The van der Waals surface area contributed by atoms with Crippen LogP contribution in [0.5, 0.6) is 0 Å². The van der Waals surface area contributed by atoms with Gasteiger partial charge in [-0.2, -0.15) is 0 Å². The first kappa shape index (κ1) is 18.0. The number of benzene rings is 2. The molecule has 0 saturated carbocycles. The predicted molar refractivity (Wildman–Crippen MR) is 92.8 cm³/mol. The van der Waals surface area contributed by atoms with Gasteiger partial charge in [-0.25, -0.2) is 13.9 Å². The Balaban J connectivity index is 1.94. The summed E-state index contributed by atoms with van der Waals surface area (Å²) < 4.78 is 26.0. The lowest BCUT2D eigenvalue weighted by molar-refractivity contribution is 0.0233. The molecule has 24 heavy (non-hydrogen) atoms. The maximum absolute atomic E-state index is 12.1. The van der Waals surface area contributed by atoms with E-state index in [-0.39, 0.29) is 12.4 Å². The van der Waals surface area contributed by atoms with Crippen LogP contribution >= 0.6 is 0 Å². The van der Waals surface area contributed by atoms with Crippen LogP contribution in [0.2, 0.25) is 0 Å². The molecule has 0 heterocycles. The second-order valence-electron chi connectivity index (χ2n) is 5.21. The number of sulfonamides is 1. The molecular weight excluding hydrogens is 328 g/mol. The highest BCUT2D eigenvalue weighted by Crippen LogP contribution is 2.13. The molecule has 0 aliphatic carbocycles. The lowest BCUT2D eigenvalue weighted by atomic mass is 10.2. The highest BCUT2D eigenvalue weighted by Gasteiger charge is 2.11. The molecule has 0 saturated heterocycles. The number of anilines is 1. The minimum atomic E-state index is -3.39. The van der Waals surface area contributed by atoms with Gasteiger partial charge in [-0.15, -0.1) is 0 Å². The molecule has 0 aromatic heterocycles. The first-order valence-electron chi connectivity index (χ1n) is 7.57. The van der Waals surface area contributed by atoms with Crippen LogP contribution in [-0.2, 0) is 21.5 Å². The third kappa shape index (κ3) is 5.68. The predicted octanol–water partition coefficient (Wildman–Crippen LogP) is 2.70. The Morgan fingerprint density at radius 1 is 1.08 bits per heavy atom. The third-order valence-corrected chi connectivity index (χ3v) is 4.61. The molecule has 2 aromatic carbocycles. The molecule has 0 radical (unpaired) electrons. The highest BCUT2D eigenvalue weighted by atomic mass is 32.2. The van der Waals surface area contributed by atoms with Crippen LogP contribution in [0.4, 0.5) is 5.69 Å². The Morgan fingerprint density at radius 3 is 2.54 bits per heavy atom. The fraction of sp³-hybridized carbons (Fsp3) is 0.235. The Labute approximate surface area is 141 Å². The summed E-state index contributed by atoms with van der Waals surface area (Å²) >= 11 is 0. The number of hydrogen-bond acceptors (Lipinski definition) is 4. The van der Waals surface area contributed by atoms with Gasteiger partial charge in [-0.1, -0.05) is 43.3 Å². The monoisotopic (exact) mass is 348 g/mol. The van der Waals surface area contributed by atoms with Crippen molar-refractivity contribution in [2.45, 2.75) is 20.0 Å². The first-order chi connectivity index (χ1) is 11.5.